The molecule has 0 atom stereocenters. The van der Waals surface area contributed by atoms with Gasteiger partial charge in [0.15, 0.2) is 11.6 Å². The van der Waals surface area contributed by atoms with Crippen LogP contribution in [0.5, 0.6) is 0 Å². The molecule has 5 heteroatoms. The number of para-hydroxylation sites is 1. The highest BCUT2D eigenvalue weighted by Crippen LogP contribution is 2.36. The number of nitrogens with zero attached hydrogens (tertiary/aromatic N) is 2. The number of aryl methyl sites for hydroxylation is 3. The SMILES string of the molecule is Cc1cc(C)c(-c2cc3c(nc(C=C4C(=O)c5cc6ccccc6cc5C4=O)n3-c3ccccc3)o2)c(C)c1. The first-order valence-electron chi connectivity index (χ1n) is 12.9. The molecule has 39 heavy (non-hydrogen) atoms. The summed E-state index contributed by atoms with van der Waals surface area (Å²) in [5.41, 5.74) is 7.54. The minimum atomic E-state index is -0.286. The quantitative estimate of drug-likeness (QED) is 0.181. The van der Waals surface area contributed by atoms with Gasteiger partial charge in [0.1, 0.15) is 17.1 Å². The summed E-state index contributed by atoms with van der Waals surface area (Å²) in [5.74, 6) is 0.629. The Bertz CT molecular complexity index is 1940. The van der Waals surface area contributed by atoms with Crippen molar-refractivity contribution >= 4 is 39.6 Å². The molecule has 0 bridgehead atoms. The number of Topliss-reactive ketones (excluding diaryl/α,β-unsaturated/α-hetero) is 2. The number of aromatic nitrogens is 2. The van der Waals surface area contributed by atoms with Gasteiger partial charge in [0.25, 0.3) is 0 Å². The molecule has 4 aromatic carbocycles. The van der Waals surface area contributed by atoms with Crippen molar-refractivity contribution in [2.45, 2.75) is 20.8 Å². The second-order valence-corrected chi connectivity index (χ2v) is 10.2. The maximum absolute atomic E-state index is 13.4. The number of furan rings is 1. The number of allylic oxidation sites excluding steroid dienone is 1. The zero-order valence-electron chi connectivity index (χ0n) is 21.8. The van der Waals surface area contributed by atoms with Crippen LogP contribution in [-0.2, 0) is 0 Å². The molecule has 0 aliphatic heterocycles. The molecule has 0 amide bonds. The zero-order valence-corrected chi connectivity index (χ0v) is 21.8. The number of ketones is 2. The number of benzene rings is 4. The van der Waals surface area contributed by atoms with Crippen molar-refractivity contribution in [3.05, 3.63) is 124 Å². The molecule has 5 nitrogen and oxygen atoms in total. The summed E-state index contributed by atoms with van der Waals surface area (Å²) in [6, 6.07) is 27.4. The van der Waals surface area contributed by atoms with Crippen molar-refractivity contribution in [2.75, 3.05) is 0 Å². The molecule has 0 saturated heterocycles. The predicted octanol–water partition coefficient (Wildman–Crippen LogP) is 7.83. The van der Waals surface area contributed by atoms with Gasteiger partial charge in [-0.3, -0.25) is 14.2 Å². The molecule has 0 N–H and O–H groups in total. The highest BCUT2D eigenvalue weighted by molar-refractivity contribution is 6.42. The van der Waals surface area contributed by atoms with Gasteiger partial charge in [0.2, 0.25) is 5.71 Å². The maximum Gasteiger partial charge on any atom is 0.246 e. The van der Waals surface area contributed by atoms with E-state index in [1.54, 1.807) is 18.2 Å². The summed E-state index contributed by atoms with van der Waals surface area (Å²) in [5, 5.41) is 1.85. The van der Waals surface area contributed by atoms with E-state index in [0.717, 1.165) is 44.4 Å². The lowest BCUT2D eigenvalue weighted by Gasteiger charge is -2.09. The van der Waals surface area contributed by atoms with Gasteiger partial charge in [-0.2, -0.15) is 4.98 Å². The average Bonchev–Trinajstić information content (AvgIpc) is 3.53. The number of hydrogen-bond donors (Lipinski definition) is 0. The van der Waals surface area contributed by atoms with Gasteiger partial charge < -0.3 is 4.42 Å². The molecular formula is C34H24N2O3. The first-order valence-corrected chi connectivity index (χ1v) is 12.9. The van der Waals surface area contributed by atoms with E-state index in [2.05, 4.69) is 32.9 Å². The molecule has 0 saturated carbocycles. The molecular weight excluding hydrogens is 484 g/mol. The Morgan fingerprint density at radius 2 is 1.33 bits per heavy atom. The Hall–Kier alpha value is -5.03. The molecule has 2 heterocycles. The van der Waals surface area contributed by atoms with Crippen LogP contribution in [0.3, 0.4) is 0 Å². The summed E-state index contributed by atoms with van der Waals surface area (Å²) in [7, 11) is 0. The molecule has 6 aromatic rings. The van der Waals surface area contributed by atoms with Crippen LogP contribution in [0.25, 0.3) is 45.1 Å². The van der Waals surface area contributed by atoms with E-state index in [0.29, 0.717) is 22.7 Å². The van der Waals surface area contributed by atoms with Crippen molar-refractivity contribution < 1.29 is 14.0 Å². The monoisotopic (exact) mass is 508 g/mol. The fraction of sp³-hybridized carbons (Fsp3) is 0.0882. The lowest BCUT2D eigenvalue weighted by atomic mass is 9.98. The third-order valence-corrected chi connectivity index (χ3v) is 7.46. The van der Waals surface area contributed by atoms with Gasteiger partial charge in [-0.05, 0) is 73.0 Å². The Balaban J connectivity index is 1.41. The van der Waals surface area contributed by atoms with Crippen LogP contribution in [0.2, 0.25) is 0 Å². The van der Waals surface area contributed by atoms with Gasteiger partial charge in [-0.25, -0.2) is 0 Å². The molecule has 1 aliphatic carbocycles. The molecule has 0 radical (unpaired) electrons. The van der Waals surface area contributed by atoms with Crippen molar-refractivity contribution in [3.63, 3.8) is 0 Å². The molecule has 1 aliphatic rings. The Morgan fingerprint density at radius 1 is 0.744 bits per heavy atom. The lowest BCUT2D eigenvalue weighted by Crippen LogP contribution is -2.03. The summed E-state index contributed by atoms with van der Waals surface area (Å²) in [6.07, 6.45) is 1.60. The molecule has 0 spiro atoms. The smallest absolute Gasteiger partial charge is 0.246 e. The van der Waals surface area contributed by atoms with E-state index in [-0.39, 0.29) is 17.1 Å². The fourth-order valence-electron chi connectivity index (χ4n) is 5.80. The largest absolute Gasteiger partial charge is 0.436 e. The third kappa shape index (κ3) is 3.58. The molecule has 188 valence electrons. The van der Waals surface area contributed by atoms with Gasteiger partial charge in [0, 0.05) is 28.4 Å². The minimum absolute atomic E-state index is 0.107. The van der Waals surface area contributed by atoms with Gasteiger partial charge >= 0.3 is 0 Å². The third-order valence-electron chi connectivity index (χ3n) is 7.46. The lowest BCUT2D eigenvalue weighted by molar-refractivity contribution is 0.0990. The first-order chi connectivity index (χ1) is 18.9. The highest BCUT2D eigenvalue weighted by Gasteiger charge is 2.34. The Labute approximate surface area is 225 Å². The summed E-state index contributed by atoms with van der Waals surface area (Å²) in [4.78, 5) is 31.7. The van der Waals surface area contributed by atoms with E-state index in [4.69, 9.17) is 9.40 Å². The number of carbonyl (C=O) groups is 2. The molecule has 0 unspecified atom stereocenters. The maximum atomic E-state index is 13.4. The summed E-state index contributed by atoms with van der Waals surface area (Å²) in [6.45, 7) is 6.24. The van der Waals surface area contributed by atoms with Crippen LogP contribution in [0.1, 0.15) is 43.2 Å². The van der Waals surface area contributed by atoms with Gasteiger partial charge in [0.05, 0.1) is 5.57 Å². The van der Waals surface area contributed by atoms with Crippen LogP contribution < -0.4 is 0 Å². The fourth-order valence-corrected chi connectivity index (χ4v) is 5.80. The molecule has 0 fully saturated rings. The number of rotatable bonds is 3. The van der Waals surface area contributed by atoms with E-state index in [9.17, 15) is 9.59 Å². The zero-order chi connectivity index (χ0) is 26.8. The summed E-state index contributed by atoms with van der Waals surface area (Å²) >= 11 is 0. The number of imidazole rings is 1. The van der Waals surface area contributed by atoms with E-state index in [1.165, 1.54) is 5.56 Å². The number of fused-ring (bicyclic) bond motifs is 3. The van der Waals surface area contributed by atoms with Crippen LogP contribution in [0, 0.1) is 20.8 Å². The topological polar surface area (TPSA) is 65.1 Å². The van der Waals surface area contributed by atoms with Gasteiger partial charge in [-0.1, -0.05) is 60.2 Å². The van der Waals surface area contributed by atoms with Crippen molar-refractivity contribution in [1.82, 2.24) is 9.55 Å². The van der Waals surface area contributed by atoms with E-state index in [1.807, 2.05) is 65.2 Å². The molecule has 2 aromatic heterocycles. The minimum Gasteiger partial charge on any atom is -0.436 e. The van der Waals surface area contributed by atoms with Crippen LogP contribution in [0.4, 0.5) is 0 Å². The normalized spacial score (nSPS) is 13.1. The second kappa shape index (κ2) is 8.50. The van der Waals surface area contributed by atoms with Gasteiger partial charge in [-0.15, -0.1) is 0 Å². The Kier molecular flexibility index (Phi) is 5.04. The van der Waals surface area contributed by atoms with E-state index >= 15 is 0 Å². The molecule has 7 rings (SSSR count). The van der Waals surface area contributed by atoms with Crippen LogP contribution >= 0.6 is 0 Å². The first kappa shape index (κ1) is 23.1. The van der Waals surface area contributed by atoms with Crippen molar-refractivity contribution in [1.29, 1.82) is 0 Å². The van der Waals surface area contributed by atoms with Crippen molar-refractivity contribution in [3.8, 4) is 17.0 Å². The second-order valence-electron chi connectivity index (χ2n) is 10.2. The van der Waals surface area contributed by atoms with Crippen molar-refractivity contribution in [2.24, 2.45) is 0 Å². The Morgan fingerprint density at radius 3 is 1.95 bits per heavy atom. The van der Waals surface area contributed by atoms with Crippen LogP contribution in [0.15, 0.2) is 94.9 Å². The predicted molar refractivity (Wildman–Crippen MR) is 154 cm³/mol. The standard InChI is InChI=1S/C34H24N2O3/c1-19-13-20(2)31(21(3)14-19)29-18-28-34(39-29)35-30(36(28)24-11-5-4-6-12-24)17-27-32(37)25-15-22-9-7-8-10-23(22)16-26(25)33(27)38/h4-18H,1-3H3. The van der Waals surface area contributed by atoms with Crippen LogP contribution in [-0.4, -0.2) is 21.1 Å². The van der Waals surface area contributed by atoms with E-state index < -0.39 is 0 Å². The average molecular weight is 509 g/mol. The summed E-state index contributed by atoms with van der Waals surface area (Å²) < 4.78 is 8.24. The number of carbonyl (C=O) groups excluding carboxylic acids is 2. The highest BCUT2D eigenvalue weighted by atomic mass is 16.3. The number of hydrogen-bond acceptors (Lipinski definition) is 4.